The summed E-state index contributed by atoms with van der Waals surface area (Å²) in [5.74, 6) is 0. The highest BCUT2D eigenvalue weighted by Crippen LogP contribution is 2.22. The molecule has 0 radical (unpaired) electrons. The number of imide groups is 1. The monoisotopic (exact) mass is 204 g/mol. The van der Waals surface area contributed by atoms with Gasteiger partial charge in [0.05, 0.1) is 6.04 Å². The van der Waals surface area contributed by atoms with Gasteiger partial charge in [0, 0.05) is 6.54 Å². The van der Waals surface area contributed by atoms with Crippen LogP contribution in [0.2, 0.25) is 0 Å². The normalized spacial score (nSPS) is 20.2. The van der Waals surface area contributed by atoms with Gasteiger partial charge in [-0.3, -0.25) is 9.69 Å². The minimum Gasteiger partial charge on any atom is -0.335 e. The Kier molecular flexibility index (Phi) is 2.41. The SMILES string of the molecule is Cc1ccc(C2CNC(=O)N2C=O)cc1. The number of urea groups is 1. The van der Waals surface area contributed by atoms with Crippen molar-refractivity contribution in [2.45, 2.75) is 13.0 Å². The van der Waals surface area contributed by atoms with E-state index in [0.29, 0.717) is 13.0 Å². The maximum absolute atomic E-state index is 11.2. The van der Waals surface area contributed by atoms with E-state index in [2.05, 4.69) is 5.32 Å². The Bertz CT molecular complexity index is 386. The van der Waals surface area contributed by atoms with Crippen molar-refractivity contribution < 1.29 is 9.59 Å². The van der Waals surface area contributed by atoms with Crippen LogP contribution in [0.5, 0.6) is 0 Å². The molecule has 78 valence electrons. The van der Waals surface area contributed by atoms with E-state index >= 15 is 0 Å². The number of amides is 3. The molecule has 1 heterocycles. The fourth-order valence-corrected chi connectivity index (χ4v) is 1.70. The topological polar surface area (TPSA) is 49.4 Å². The zero-order valence-electron chi connectivity index (χ0n) is 8.43. The van der Waals surface area contributed by atoms with Crippen LogP contribution in [0.3, 0.4) is 0 Å². The molecule has 1 aliphatic rings. The fourth-order valence-electron chi connectivity index (χ4n) is 1.70. The summed E-state index contributed by atoms with van der Waals surface area (Å²) in [6.07, 6.45) is 0.576. The lowest BCUT2D eigenvalue weighted by Gasteiger charge is -2.16. The summed E-state index contributed by atoms with van der Waals surface area (Å²) in [4.78, 5) is 23.2. The summed E-state index contributed by atoms with van der Waals surface area (Å²) in [5.41, 5.74) is 2.14. The van der Waals surface area contributed by atoms with E-state index in [9.17, 15) is 9.59 Å². The average molecular weight is 204 g/mol. The summed E-state index contributed by atoms with van der Waals surface area (Å²) in [6, 6.07) is 7.33. The molecule has 0 aromatic heterocycles. The summed E-state index contributed by atoms with van der Waals surface area (Å²) < 4.78 is 0. The molecule has 0 saturated carbocycles. The van der Waals surface area contributed by atoms with Crippen molar-refractivity contribution in [3.63, 3.8) is 0 Å². The molecule has 1 saturated heterocycles. The first-order valence-corrected chi connectivity index (χ1v) is 4.80. The molecule has 2 rings (SSSR count). The third kappa shape index (κ3) is 1.70. The smallest absolute Gasteiger partial charge is 0.324 e. The molecular weight excluding hydrogens is 192 g/mol. The van der Waals surface area contributed by atoms with E-state index < -0.39 is 0 Å². The lowest BCUT2D eigenvalue weighted by atomic mass is 10.1. The van der Waals surface area contributed by atoms with Crippen LogP contribution in [0, 0.1) is 6.92 Å². The second-order valence-electron chi connectivity index (χ2n) is 3.63. The Balaban J connectivity index is 2.27. The maximum atomic E-state index is 11.2. The number of nitrogens with one attached hydrogen (secondary N) is 1. The third-order valence-electron chi connectivity index (χ3n) is 2.59. The van der Waals surface area contributed by atoms with Crippen LogP contribution < -0.4 is 5.32 Å². The van der Waals surface area contributed by atoms with Crippen LogP contribution in [0.1, 0.15) is 17.2 Å². The highest BCUT2D eigenvalue weighted by molar-refractivity contribution is 5.87. The van der Waals surface area contributed by atoms with Crippen molar-refractivity contribution >= 4 is 12.4 Å². The molecule has 1 fully saturated rings. The lowest BCUT2D eigenvalue weighted by molar-refractivity contribution is -0.116. The van der Waals surface area contributed by atoms with Gasteiger partial charge in [0.25, 0.3) is 0 Å². The minimum absolute atomic E-state index is 0.171. The highest BCUT2D eigenvalue weighted by Gasteiger charge is 2.31. The quantitative estimate of drug-likeness (QED) is 0.736. The van der Waals surface area contributed by atoms with Gasteiger partial charge >= 0.3 is 6.03 Å². The van der Waals surface area contributed by atoms with E-state index in [1.807, 2.05) is 31.2 Å². The van der Waals surface area contributed by atoms with Crippen LogP contribution in [0.4, 0.5) is 4.79 Å². The van der Waals surface area contributed by atoms with Crippen molar-refractivity contribution in [1.29, 1.82) is 0 Å². The molecule has 1 atom stereocenters. The van der Waals surface area contributed by atoms with Crippen LogP contribution in [-0.2, 0) is 4.79 Å². The largest absolute Gasteiger partial charge is 0.335 e. The van der Waals surface area contributed by atoms with Gasteiger partial charge in [0.1, 0.15) is 0 Å². The highest BCUT2D eigenvalue weighted by atomic mass is 16.2. The molecule has 1 aromatic carbocycles. The zero-order chi connectivity index (χ0) is 10.8. The Morgan fingerprint density at radius 1 is 1.40 bits per heavy atom. The van der Waals surface area contributed by atoms with Gasteiger partial charge < -0.3 is 5.32 Å². The first-order valence-electron chi connectivity index (χ1n) is 4.80. The Morgan fingerprint density at radius 3 is 2.67 bits per heavy atom. The van der Waals surface area contributed by atoms with Crippen molar-refractivity contribution in [1.82, 2.24) is 10.2 Å². The van der Waals surface area contributed by atoms with Gasteiger partial charge in [-0.25, -0.2) is 4.79 Å². The summed E-state index contributed by atoms with van der Waals surface area (Å²) in [6.45, 7) is 2.49. The second kappa shape index (κ2) is 3.73. The molecule has 0 aliphatic carbocycles. The van der Waals surface area contributed by atoms with Gasteiger partial charge in [0.15, 0.2) is 0 Å². The first kappa shape index (κ1) is 9.71. The van der Waals surface area contributed by atoms with Gasteiger partial charge in [0.2, 0.25) is 6.41 Å². The molecule has 0 spiro atoms. The molecular formula is C11H12N2O2. The Labute approximate surface area is 87.9 Å². The van der Waals surface area contributed by atoms with Crippen LogP contribution in [0.25, 0.3) is 0 Å². The van der Waals surface area contributed by atoms with Gasteiger partial charge in [-0.2, -0.15) is 0 Å². The molecule has 1 N–H and O–H groups in total. The molecule has 4 heteroatoms. The van der Waals surface area contributed by atoms with Crippen molar-refractivity contribution in [2.75, 3.05) is 6.54 Å². The van der Waals surface area contributed by atoms with E-state index in [1.54, 1.807) is 0 Å². The standard InChI is InChI=1S/C11H12N2O2/c1-8-2-4-9(5-3-8)10-6-12-11(15)13(10)7-14/h2-5,7,10H,6H2,1H3,(H,12,15). The predicted molar refractivity (Wildman–Crippen MR) is 55.2 cm³/mol. The molecule has 1 aliphatic heterocycles. The predicted octanol–water partition coefficient (Wildman–Crippen LogP) is 1.22. The third-order valence-corrected chi connectivity index (χ3v) is 2.59. The summed E-state index contributed by atoms with van der Waals surface area (Å²) >= 11 is 0. The zero-order valence-corrected chi connectivity index (χ0v) is 8.43. The van der Waals surface area contributed by atoms with E-state index in [0.717, 1.165) is 11.1 Å². The first-order chi connectivity index (χ1) is 7.22. The number of carbonyl (C=O) groups is 2. The molecule has 0 bridgehead atoms. The van der Waals surface area contributed by atoms with Gasteiger partial charge in [-0.1, -0.05) is 29.8 Å². The average Bonchev–Trinajstić information content (AvgIpc) is 2.61. The summed E-state index contributed by atoms with van der Waals surface area (Å²) in [7, 11) is 0. The summed E-state index contributed by atoms with van der Waals surface area (Å²) in [5, 5.41) is 2.64. The van der Waals surface area contributed by atoms with Crippen LogP contribution >= 0.6 is 0 Å². The second-order valence-corrected chi connectivity index (χ2v) is 3.63. The lowest BCUT2D eigenvalue weighted by Crippen LogP contribution is -2.28. The minimum atomic E-state index is -0.324. The molecule has 1 unspecified atom stereocenters. The Morgan fingerprint density at radius 2 is 2.07 bits per heavy atom. The number of rotatable bonds is 2. The number of hydrogen-bond donors (Lipinski definition) is 1. The molecule has 4 nitrogen and oxygen atoms in total. The Hall–Kier alpha value is -1.84. The van der Waals surface area contributed by atoms with Crippen LogP contribution in [0.15, 0.2) is 24.3 Å². The number of benzene rings is 1. The number of nitrogens with zero attached hydrogens (tertiary/aromatic N) is 1. The van der Waals surface area contributed by atoms with Crippen molar-refractivity contribution in [3.8, 4) is 0 Å². The molecule has 3 amide bonds. The van der Waals surface area contributed by atoms with Gasteiger partial charge in [-0.15, -0.1) is 0 Å². The fraction of sp³-hybridized carbons (Fsp3) is 0.273. The van der Waals surface area contributed by atoms with E-state index in [4.69, 9.17) is 0 Å². The maximum Gasteiger partial charge on any atom is 0.324 e. The van der Waals surface area contributed by atoms with Crippen LogP contribution in [-0.4, -0.2) is 23.9 Å². The molecule has 15 heavy (non-hydrogen) atoms. The van der Waals surface area contributed by atoms with E-state index in [-0.39, 0.29) is 12.1 Å². The molecule has 1 aromatic rings. The number of hydrogen-bond acceptors (Lipinski definition) is 2. The van der Waals surface area contributed by atoms with Crippen molar-refractivity contribution in [2.24, 2.45) is 0 Å². The number of aryl methyl sites for hydroxylation is 1. The number of carbonyl (C=O) groups excluding carboxylic acids is 2. The van der Waals surface area contributed by atoms with Gasteiger partial charge in [-0.05, 0) is 12.5 Å². The van der Waals surface area contributed by atoms with Crippen molar-refractivity contribution in [3.05, 3.63) is 35.4 Å². The van der Waals surface area contributed by atoms with E-state index in [1.165, 1.54) is 4.90 Å².